The average Bonchev–Trinajstić information content (AvgIpc) is 3.12. The minimum Gasteiger partial charge on any atom is -0.270 e. The molecule has 0 saturated carbocycles. The zero-order chi connectivity index (χ0) is 17.8. The van der Waals surface area contributed by atoms with Gasteiger partial charge in [0, 0.05) is 29.9 Å². The van der Waals surface area contributed by atoms with Crippen LogP contribution in [0.15, 0.2) is 78.3 Å². The third-order valence-electron chi connectivity index (χ3n) is 3.98. The van der Waals surface area contributed by atoms with Gasteiger partial charge in [0.25, 0.3) is 0 Å². The first-order chi connectivity index (χ1) is 12.8. The van der Waals surface area contributed by atoms with E-state index >= 15 is 0 Å². The van der Waals surface area contributed by atoms with Gasteiger partial charge in [0.05, 0.1) is 11.4 Å². The van der Waals surface area contributed by atoms with Crippen molar-refractivity contribution in [2.45, 2.75) is 17.8 Å². The Morgan fingerprint density at radius 3 is 2.58 bits per heavy atom. The van der Waals surface area contributed by atoms with E-state index < -0.39 is 0 Å². The first-order valence-electron chi connectivity index (χ1n) is 8.27. The Hall–Kier alpha value is -2.99. The van der Waals surface area contributed by atoms with E-state index in [9.17, 15) is 0 Å². The maximum absolute atomic E-state index is 4.45. The molecule has 0 bridgehead atoms. The smallest absolute Gasteiger partial charge is 0.196 e. The Bertz CT molecular complexity index is 999. The van der Waals surface area contributed by atoms with Gasteiger partial charge in [-0.3, -0.25) is 14.5 Å². The van der Waals surface area contributed by atoms with Crippen LogP contribution in [0, 0.1) is 6.92 Å². The molecule has 128 valence electrons. The molecule has 0 fully saturated rings. The molecule has 0 spiro atoms. The van der Waals surface area contributed by atoms with Crippen LogP contribution in [0.2, 0.25) is 0 Å². The first kappa shape index (κ1) is 16.5. The van der Waals surface area contributed by atoms with Crippen LogP contribution in [-0.2, 0) is 5.75 Å². The van der Waals surface area contributed by atoms with Crippen molar-refractivity contribution in [2.24, 2.45) is 0 Å². The van der Waals surface area contributed by atoms with E-state index in [-0.39, 0.29) is 0 Å². The topological polar surface area (TPSA) is 56.5 Å². The second-order valence-electron chi connectivity index (χ2n) is 5.78. The number of para-hydroxylation sites is 1. The molecule has 26 heavy (non-hydrogen) atoms. The van der Waals surface area contributed by atoms with E-state index in [0.717, 1.165) is 39.2 Å². The minimum absolute atomic E-state index is 0.734. The Kier molecular flexibility index (Phi) is 4.75. The molecule has 0 amide bonds. The van der Waals surface area contributed by atoms with Crippen molar-refractivity contribution in [1.82, 2.24) is 24.7 Å². The number of thioether (sulfide) groups is 1. The van der Waals surface area contributed by atoms with E-state index in [0.29, 0.717) is 0 Å². The monoisotopic (exact) mass is 359 g/mol. The Morgan fingerprint density at radius 2 is 1.81 bits per heavy atom. The van der Waals surface area contributed by atoms with E-state index in [4.69, 9.17) is 0 Å². The van der Waals surface area contributed by atoms with Gasteiger partial charge in [-0.2, -0.15) is 0 Å². The first-order valence-corrected chi connectivity index (χ1v) is 9.26. The molecule has 0 saturated heterocycles. The van der Waals surface area contributed by atoms with Crippen molar-refractivity contribution in [1.29, 1.82) is 0 Å². The van der Waals surface area contributed by atoms with Crippen molar-refractivity contribution < 1.29 is 0 Å². The lowest BCUT2D eigenvalue weighted by atomic mass is 10.2. The summed E-state index contributed by atoms with van der Waals surface area (Å²) in [6.45, 7) is 2.09. The van der Waals surface area contributed by atoms with Gasteiger partial charge >= 0.3 is 0 Å². The highest BCUT2D eigenvalue weighted by atomic mass is 32.2. The fourth-order valence-corrected chi connectivity index (χ4v) is 3.56. The van der Waals surface area contributed by atoms with Gasteiger partial charge in [-0.15, -0.1) is 10.2 Å². The number of aryl methyl sites for hydroxylation is 1. The Balaban J connectivity index is 1.77. The second kappa shape index (κ2) is 7.49. The number of hydrogen-bond donors (Lipinski definition) is 0. The van der Waals surface area contributed by atoms with Crippen LogP contribution in [0.5, 0.6) is 0 Å². The normalized spacial score (nSPS) is 10.8. The predicted octanol–water partition coefficient (Wildman–Crippen LogP) is 4.33. The van der Waals surface area contributed by atoms with Crippen LogP contribution in [0.3, 0.4) is 0 Å². The highest BCUT2D eigenvalue weighted by Crippen LogP contribution is 2.30. The quantitative estimate of drug-likeness (QED) is 0.497. The van der Waals surface area contributed by atoms with E-state index in [1.807, 2.05) is 54.9 Å². The number of benzene rings is 1. The number of rotatable bonds is 5. The molecule has 0 aliphatic carbocycles. The number of aromatic nitrogens is 5. The molecular formula is C20H17N5S. The molecule has 0 atom stereocenters. The van der Waals surface area contributed by atoms with Crippen molar-refractivity contribution >= 4 is 11.8 Å². The predicted molar refractivity (Wildman–Crippen MR) is 103 cm³/mol. The van der Waals surface area contributed by atoms with Crippen molar-refractivity contribution in [3.63, 3.8) is 0 Å². The molecule has 6 heteroatoms. The summed E-state index contributed by atoms with van der Waals surface area (Å²) in [5.41, 5.74) is 4.18. The van der Waals surface area contributed by atoms with Crippen LogP contribution in [0.25, 0.3) is 17.1 Å². The van der Waals surface area contributed by atoms with E-state index in [1.54, 1.807) is 18.0 Å². The summed E-state index contributed by atoms with van der Waals surface area (Å²) in [6.07, 6.45) is 5.38. The van der Waals surface area contributed by atoms with Crippen LogP contribution < -0.4 is 0 Å². The molecule has 5 nitrogen and oxygen atoms in total. The second-order valence-corrected chi connectivity index (χ2v) is 6.72. The summed E-state index contributed by atoms with van der Waals surface area (Å²) in [4.78, 5) is 8.61. The van der Waals surface area contributed by atoms with Crippen LogP contribution >= 0.6 is 11.8 Å². The summed E-state index contributed by atoms with van der Waals surface area (Å²) in [5, 5.41) is 9.73. The molecule has 3 aromatic heterocycles. The zero-order valence-corrected chi connectivity index (χ0v) is 15.1. The molecule has 1 aromatic carbocycles. The lowest BCUT2D eigenvalue weighted by molar-refractivity contribution is 0.879. The van der Waals surface area contributed by atoms with Gasteiger partial charge in [0.2, 0.25) is 0 Å². The largest absolute Gasteiger partial charge is 0.270 e. The summed E-state index contributed by atoms with van der Waals surface area (Å²) in [7, 11) is 0. The van der Waals surface area contributed by atoms with E-state index in [1.165, 1.54) is 0 Å². The summed E-state index contributed by atoms with van der Waals surface area (Å²) in [5.74, 6) is 1.52. The molecule has 3 heterocycles. The van der Waals surface area contributed by atoms with Crippen LogP contribution in [0.4, 0.5) is 0 Å². The van der Waals surface area contributed by atoms with Gasteiger partial charge in [0.1, 0.15) is 0 Å². The van der Waals surface area contributed by atoms with Gasteiger partial charge in [0.15, 0.2) is 11.0 Å². The molecule has 0 aliphatic rings. The van der Waals surface area contributed by atoms with Crippen molar-refractivity contribution in [3.8, 4) is 17.1 Å². The molecule has 0 radical (unpaired) electrons. The third-order valence-corrected chi connectivity index (χ3v) is 4.95. The molecule has 4 rings (SSSR count). The third kappa shape index (κ3) is 3.36. The highest BCUT2D eigenvalue weighted by molar-refractivity contribution is 7.98. The maximum Gasteiger partial charge on any atom is 0.196 e. The molecular weight excluding hydrogens is 342 g/mol. The standard InChI is InChI=1S/C20H17N5S/c1-15-7-2-3-10-18(15)25-19(16-8-6-11-21-13-16)23-24-20(25)26-14-17-9-4-5-12-22-17/h2-13H,14H2,1H3. The molecule has 4 aromatic rings. The van der Waals surface area contributed by atoms with Gasteiger partial charge in [-0.25, -0.2) is 0 Å². The average molecular weight is 359 g/mol. The number of hydrogen-bond acceptors (Lipinski definition) is 5. The summed E-state index contributed by atoms with van der Waals surface area (Å²) >= 11 is 1.63. The fraction of sp³-hybridized carbons (Fsp3) is 0.100. The Morgan fingerprint density at radius 1 is 0.923 bits per heavy atom. The van der Waals surface area contributed by atoms with Gasteiger partial charge in [-0.05, 0) is 42.8 Å². The van der Waals surface area contributed by atoms with E-state index in [2.05, 4.69) is 43.8 Å². The summed E-state index contributed by atoms with van der Waals surface area (Å²) in [6, 6.07) is 18.1. The Labute approximate surface area is 156 Å². The van der Waals surface area contributed by atoms with Crippen LogP contribution in [0.1, 0.15) is 11.3 Å². The fourth-order valence-electron chi connectivity index (χ4n) is 2.70. The number of pyridine rings is 2. The maximum atomic E-state index is 4.45. The SMILES string of the molecule is Cc1ccccc1-n1c(SCc2ccccn2)nnc1-c1cccnc1. The zero-order valence-electron chi connectivity index (χ0n) is 14.3. The van der Waals surface area contributed by atoms with Crippen molar-refractivity contribution in [2.75, 3.05) is 0 Å². The molecule has 0 N–H and O–H groups in total. The highest BCUT2D eigenvalue weighted by Gasteiger charge is 2.17. The lowest BCUT2D eigenvalue weighted by Gasteiger charge is -2.12. The van der Waals surface area contributed by atoms with Crippen LogP contribution in [-0.4, -0.2) is 24.7 Å². The molecule has 0 aliphatic heterocycles. The molecule has 0 unspecified atom stereocenters. The lowest BCUT2D eigenvalue weighted by Crippen LogP contribution is -2.02. The van der Waals surface area contributed by atoms with Gasteiger partial charge in [-0.1, -0.05) is 36.0 Å². The van der Waals surface area contributed by atoms with Gasteiger partial charge < -0.3 is 0 Å². The van der Waals surface area contributed by atoms with Crippen molar-refractivity contribution in [3.05, 3.63) is 84.4 Å². The summed E-state index contributed by atoms with van der Waals surface area (Å²) < 4.78 is 2.10. The minimum atomic E-state index is 0.734. The number of nitrogens with zero attached hydrogens (tertiary/aromatic N) is 5.